The number of hydrogen-bond donors (Lipinski definition) is 5. The number of aliphatic hydroxyl groups is 1. The molecule has 0 spiro atoms. The van der Waals surface area contributed by atoms with Crippen molar-refractivity contribution < 1.29 is 34.5 Å². The summed E-state index contributed by atoms with van der Waals surface area (Å²) in [6, 6.07) is 5.07. The van der Waals surface area contributed by atoms with Crippen molar-refractivity contribution in [3.63, 3.8) is 0 Å². The van der Waals surface area contributed by atoms with E-state index >= 15 is 0 Å². The molecule has 1 aromatic carbocycles. The van der Waals surface area contributed by atoms with E-state index in [1.807, 2.05) is 6.92 Å². The molecule has 3 unspecified atom stereocenters. The number of anilines is 1. The lowest BCUT2D eigenvalue weighted by Crippen LogP contribution is -2.63. The Morgan fingerprint density at radius 3 is 2.61 bits per heavy atom. The van der Waals surface area contributed by atoms with Gasteiger partial charge in [0.15, 0.2) is 0 Å². The second-order valence-corrected chi connectivity index (χ2v) is 9.93. The van der Waals surface area contributed by atoms with E-state index in [-0.39, 0.29) is 40.3 Å². The number of aliphatic hydroxyl groups excluding tert-OH is 1. The third-order valence-electron chi connectivity index (χ3n) is 6.39. The zero-order valence-corrected chi connectivity index (χ0v) is 18.8. The predicted octanol–water partition coefficient (Wildman–Crippen LogP) is 0.941. The van der Waals surface area contributed by atoms with Gasteiger partial charge in [0.25, 0.3) is 0 Å². The molecule has 2 saturated heterocycles. The number of amides is 2. The van der Waals surface area contributed by atoms with E-state index in [0.717, 1.165) is 0 Å². The van der Waals surface area contributed by atoms with Gasteiger partial charge in [0.2, 0.25) is 11.8 Å². The summed E-state index contributed by atoms with van der Waals surface area (Å²) >= 11 is 1.36. The lowest BCUT2D eigenvalue weighted by atomic mass is 9.79. The van der Waals surface area contributed by atoms with Crippen LogP contribution >= 0.6 is 11.8 Å². The van der Waals surface area contributed by atoms with Crippen molar-refractivity contribution >= 4 is 41.2 Å². The van der Waals surface area contributed by atoms with Crippen molar-refractivity contribution in [3.8, 4) is 0 Å². The number of carbonyl (C=O) groups is 4. The summed E-state index contributed by atoms with van der Waals surface area (Å²) < 4.78 is 0. The van der Waals surface area contributed by atoms with Gasteiger partial charge in [-0.1, -0.05) is 13.0 Å². The summed E-state index contributed by atoms with van der Waals surface area (Å²) in [5.74, 6) is -3.79. The maximum atomic E-state index is 12.7. The predicted molar refractivity (Wildman–Crippen MR) is 119 cm³/mol. The Hall–Kier alpha value is -2.89. The molecular formula is C22H25N3O7S. The Labute approximate surface area is 194 Å². The van der Waals surface area contributed by atoms with Crippen LogP contribution < -0.4 is 10.6 Å². The highest BCUT2D eigenvalue weighted by molar-refractivity contribution is 8.03. The van der Waals surface area contributed by atoms with Crippen LogP contribution in [0.4, 0.5) is 5.69 Å². The van der Waals surface area contributed by atoms with Gasteiger partial charge >= 0.3 is 11.9 Å². The van der Waals surface area contributed by atoms with Crippen LogP contribution in [0.15, 0.2) is 34.9 Å². The van der Waals surface area contributed by atoms with E-state index in [9.17, 15) is 29.4 Å². The summed E-state index contributed by atoms with van der Waals surface area (Å²) in [6.07, 6.45) is -0.419. The average Bonchev–Trinajstić information content (AvgIpc) is 3.30. The van der Waals surface area contributed by atoms with E-state index in [2.05, 4.69) is 10.6 Å². The highest BCUT2D eigenvalue weighted by atomic mass is 32.2. The number of nitrogens with one attached hydrogen (secondary N) is 2. The number of rotatable bonds is 7. The first kappa shape index (κ1) is 23.3. The molecule has 0 radical (unpaired) electrons. The van der Waals surface area contributed by atoms with Gasteiger partial charge in [0.05, 0.1) is 29.7 Å². The number of carbonyl (C=O) groups excluding carboxylic acids is 2. The molecule has 2 amide bonds. The number of carboxylic acids is 2. The lowest BCUT2D eigenvalue weighted by molar-refractivity contribution is -0.163. The van der Waals surface area contributed by atoms with Crippen LogP contribution in [-0.2, 0) is 14.4 Å². The number of hydrogen-bond acceptors (Lipinski definition) is 7. The molecule has 10 nitrogen and oxygen atoms in total. The molecular weight excluding hydrogens is 450 g/mol. The second-order valence-electron chi connectivity index (χ2n) is 8.58. The van der Waals surface area contributed by atoms with Crippen molar-refractivity contribution in [2.24, 2.45) is 11.8 Å². The highest BCUT2D eigenvalue weighted by Gasteiger charge is 2.60. The van der Waals surface area contributed by atoms with Crippen LogP contribution in [0.3, 0.4) is 0 Å². The van der Waals surface area contributed by atoms with Crippen LogP contribution in [0.1, 0.15) is 30.6 Å². The summed E-state index contributed by atoms with van der Waals surface area (Å²) in [4.78, 5) is 50.1. The number of aromatic carboxylic acids is 1. The lowest BCUT2D eigenvalue weighted by Gasteiger charge is -2.46. The molecule has 3 aliphatic heterocycles. The first-order valence-corrected chi connectivity index (χ1v) is 11.5. The van der Waals surface area contributed by atoms with Crippen molar-refractivity contribution in [1.82, 2.24) is 10.2 Å². The van der Waals surface area contributed by atoms with E-state index in [1.165, 1.54) is 35.7 Å². The smallest absolute Gasteiger partial charge is 0.353 e. The minimum atomic E-state index is -1.18. The van der Waals surface area contributed by atoms with Crippen LogP contribution in [0, 0.1) is 11.8 Å². The Balaban J connectivity index is 1.43. The molecule has 0 aromatic heterocycles. The van der Waals surface area contributed by atoms with Crippen LogP contribution in [0.5, 0.6) is 0 Å². The molecule has 11 heteroatoms. The fourth-order valence-electron chi connectivity index (χ4n) is 4.81. The summed E-state index contributed by atoms with van der Waals surface area (Å²) in [6.45, 7) is 3.87. The van der Waals surface area contributed by atoms with Gasteiger partial charge in [-0.25, -0.2) is 9.59 Å². The van der Waals surface area contributed by atoms with Crippen molar-refractivity contribution in [2.45, 2.75) is 43.7 Å². The van der Waals surface area contributed by atoms with Crippen molar-refractivity contribution in [2.75, 3.05) is 11.9 Å². The van der Waals surface area contributed by atoms with Gasteiger partial charge < -0.3 is 30.9 Å². The maximum Gasteiger partial charge on any atom is 0.353 e. The summed E-state index contributed by atoms with van der Waals surface area (Å²) in [5.41, 5.74) is 0.418. The van der Waals surface area contributed by atoms with Crippen LogP contribution in [-0.4, -0.2) is 74.0 Å². The molecule has 0 bridgehead atoms. The molecule has 2 fully saturated rings. The topological polar surface area (TPSA) is 156 Å². The maximum absolute atomic E-state index is 12.7. The third kappa shape index (κ3) is 4.11. The molecule has 3 heterocycles. The second kappa shape index (κ2) is 8.81. The standard InChI is InChI=1S/C22H25N3O7S/c1-9-16-15(10(2)26)20(28)25(16)17(22(31)32)18(9)33-13-7-14(23-8-13)19(27)24-12-5-3-4-11(6-12)21(29)30/h3-6,9-10,13-16,23,26H,7-8H2,1-2H3,(H,24,27)(H,29,30)(H,31,32)/t9-,10?,13?,14?,15+,16+/m0/s1. The number of thioether (sulfide) groups is 1. The van der Waals surface area contributed by atoms with Gasteiger partial charge in [-0.15, -0.1) is 11.8 Å². The van der Waals surface area contributed by atoms with E-state index < -0.39 is 30.0 Å². The van der Waals surface area contributed by atoms with Gasteiger partial charge in [-0.3, -0.25) is 9.59 Å². The van der Waals surface area contributed by atoms with Gasteiger partial charge in [-0.2, -0.15) is 0 Å². The van der Waals surface area contributed by atoms with Crippen molar-refractivity contribution in [3.05, 3.63) is 40.4 Å². The minimum absolute atomic E-state index is 0.0298. The monoisotopic (exact) mass is 475 g/mol. The number of carboxylic acid groups (broad SMARTS) is 2. The van der Waals surface area contributed by atoms with Crippen LogP contribution in [0.2, 0.25) is 0 Å². The zero-order valence-electron chi connectivity index (χ0n) is 18.0. The van der Waals surface area contributed by atoms with E-state index in [4.69, 9.17) is 5.11 Å². The Morgan fingerprint density at radius 1 is 1.24 bits per heavy atom. The van der Waals surface area contributed by atoms with Gasteiger partial charge in [0.1, 0.15) is 5.70 Å². The highest BCUT2D eigenvalue weighted by Crippen LogP contribution is 2.51. The molecule has 0 aliphatic carbocycles. The molecule has 176 valence electrons. The van der Waals surface area contributed by atoms with Crippen LogP contribution in [0.25, 0.3) is 0 Å². The zero-order chi connectivity index (χ0) is 24.0. The fourth-order valence-corrected chi connectivity index (χ4v) is 6.29. The molecule has 4 rings (SSSR count). The average molecular weight is 476 g/mol. The van der Waals surface area contributed by atoms with E-state index in [1.54, 1.807) is 12.1 Å². The van der Waals surface area contributed by atoms with Gasteiger partial charge in [0, 0.05) is 28.3 Å². The minimum Gasteiger partial charge on any atom is -0.478 e. The number of benzene rings is 1. The molecule has 5 N–H and O–H groups in total. The Kier molecular flexibility index (Phi) is 6.21. The Bertz CT molecular complexity index is 1060. The number of aliphatic carboxylic acids is 1. The Morgan fingerprint density at radius 2 is 1.97 bits per heavy atom. The number of fused-ring (bicyclic) bond motifs is 1. The first-order chi connectivity index (χ1) is 15.6. The molecule has 33 heavy (non-hydrogen) atoms. The van der Waals surface area contributed by atoms with Gasteiger partial charge in [-0.05, 0) is 31.5 Å². The normalized spacial score (nSPS) is 29.5. The molecule has 6 atom stereocenters. The third-order valence-corrected chi connectivity index (χ3v) is 7.90. The number of β-lactam (4-membered cyclic amide) rings is 1. The molecule has 3 aliphatic rings. The largest absolute Gasteiger partial charge is 0.478 e. The van der Waals surface area contributed by atoms with E-state index in [0.29, 0.717) is 23.6 Å². The molecule has 1 aromatic rings. The van der Waals surface area contributed by atoms with Crippen molar-refractivity contribution in [1.29, 1.82) is 0 Å². The first-order valence-electron chi connectivity index (χ1n) is 10.6. The molecule has 0 saturated carbocycles. The summed E-state index contributed by atoms with van der Waals surface area (Å²) in [5, 5.41) is 34.6. The quantitative estimate of drug-likeness (QED) is 0.362. The SMILES string of the molecule is CC(O)[C@H]1C(=O)N2C(C(=O)O)=C(SC3CNC(C(=O)Nc4cccc(C(=O)O)c4)C3)[C@@H](C)[C@H]12. The summed E-state index contributed by atoms with van der Waals surface area (Å²) in [7, 11) is 0. The fraction of sp³-hybridized carbons (Fsp3) is 0.455. The number of nitrogens with zero attached hydrogens (tertiary/aromatic N) is 1.